The van der Waals surface area contributed by atoms with E-state index in [9.17, 15) is 4.39 Å². The molecular weight excluding hydrogens is 193 g/mol. The van der Waals surface area contributed by atoms with E-state index in [0.29, 0.717) is 30.8 Å². The Balaban J connectivity index is 2.68. The van der Waals surface area contributed by atoms with Crippen LogP contribution < -0.4 is 5.73 Å². The number of nitriles is 1. The standard InChI is InChI=1S/C11H14FN3/c1-15(7-3-6-13)8-9-10(12)4-2-5-11(9)14/h2,4-5H,3,7-8,14H2,1H3. The normalized spacial score (nSPS) is 10.3. The fraction of sp³-hybridized carbons (Fsp3) is 0.364. The molecule has 4 heteroatoms. The van der Waals surface area contributed by atoms with Gasteiger partial charge in [-0.1, -0.05) is 6.07 Å². The summed E-state index contributed by atoms with van der Waals surface area (Å²) in [6.07, 6.45) is 0.435. The van der Waals surface area contributed by atoms with Gasteiger partial charge >= 0.3 is 0 Å². The molecule has 0 aliphatic rings. The Labute approximate surface area is 88.9 Å². The van der Waals surface area contributed by atoms with Crippen molar-refractivity contribution in [2.75, 3.05) is 19.3 Å². The number of hydrogen-bond acceptors (Lipinski definition) is 3. The van der Waals surface area contributed by atoms with Gasteiger partial charge < -0.3 is 10.6 Å². The van der Waals surface area contributed by atoms with Crippen molar-refractivity contribution in [1.82, 2.24) is 4.90 Å². The highest BCUT2D eigenvalue weighted by atomic mass is 19.1. The van der Waals surface area contributed by atoms with Crippen LogP contribution in [0.15, 0.2) is 18.2 Å². The van der Waals surface area contributed by atoms with Crippen molar-refractivity contribution < 1.29 is 4.39 Å². The Hall–Kier alpha value is -1.60. The first kappa shape index (κ1) is 11.5. The lowest BCUT2D eigenvalue weighted by atomic mass is 10.1. The van der Waals surface area contributed by atoms with Gasteiger partial charge in [-0.15, -0.1) is 0 Å². The van der Waals surface area contributed by atoms with Crippen LogP contribution in [0.25, 0.3) is 0 Å². The second kappa shape index (κ2) is 5.32. The van der Waals surface area contributed by atoms with Crippen LogP contribution in [0.1, 0.15) is 12.0 Å². The summed E-state index contributed by atoms with van der Waals surface area (Å²) in [6, 6.07) is 6.70. The average Bonchev–Trinajstić information content (AvgIpc) is 2.21. The van der Waals surface area contributed by atoms with Crippen LogP contribution in [-0.2, 0) is 6.54 Å². The summed E-state index contributed by atoms with van der Waals surface area (Å²) >= 11 is 0. The summed E-state index contributed by atoms with van der Waals surface area (Å²) in [6.45, 7) is 1.05. The molecule has 3 nitrogen and oxygen atoms in total. The Morgan fingerprint density at radius 2 is 2.27 bits per heavy atom. The van der Waals surface area contributed by atoms with Crippen molar-refractivity contribution in [3.05, 3.63) is 29.6 Å². The monoisotopic (exact) mass is 207 g/mol. The van der Waals surface area contributed by atoms with Crippen molar-refractivity contribution in [3.63, 3.8) is 0 Å². The first-order chi connectivity index (χ1) is 7.15. The van der Waals surface area contributed by atoms with Gasteiger partial charge in [-0.3, -0.25) is 0 Å². The lowest BCUT2D eigenvalue weighted by Crippen LogP contribution is -2.20. The molecule has 80 valence electrons. The number of benzene rings is 1. The van der Waals surface area contributed by atoms with Crippen molar-refractivity contribution >= 4 is 5.69 Å². The van der Waals surface area contributed by atoms with Gasteiger partial charge in [-0.05, 0) is 19.2 Å². The van der Waals surface area contributed by atoms with Gasteiger partial charge in [0.25, 0.3) is 0 Å². The summed E-state index contributed by atoms with van der Waals surface area (Å²) in [5.41, 5.74) is 6.62. The molecule has 15 heavy (non-hydrogen) atoms. The van der Waals surface area contributed by atoms with Crippen LogP contribution in [-0.4, -0.2) is 18.5 Å². The minimum atomic E-state index is -0.293. The highest BCUT2D eigenvalue weighted by Crippen LogP contribution is 2.17. The predicted octanol–water partition coefficient (Wildman–Crippen LogP) is 1.75. The Morgan fingerprint density at radius 3 is 2.87 bits per heavy atom. The third-order valence-corrected chi connectivity index (χ3v) is 2.19. The van der Waals surface area contributed by atoms with Gasteiger partial charge in [0.2, 0.25) is 0 Å². The van der Waals surface area contributed by atoms with Crippen molar-refractivity contribution in [3.8, 4) is 6.07 Å². The first-order valence-corrected chi connectivity index (χ1v) is 4.73. The minimum Gasteiger partial charge on any atom is -0.398 e. The first-order valence-electron chi connectivity index (χ1n) is 4.73. The Bertz CT molecular complexity index is 350. The molecule has 0 aliphatic heterocycles. The van der Waals surface area contributed by atoms with Gasteiger partial charge in [0.05, 0.1) is 6.07 Å². The van der Waals surface area contributed by atoms with Crippen LogP contribution in [0.4, 0.5) is 10.1 Å². The summed E-state index contributed by atoms with van der Waals surface area (Å²) in [5.74, 6) is -0.293. The fourth-order valence-electron chi connectivity index (χ4n) is 1.33. The zero-order chi connectivity index (χ0) is 11.3. The number of rotatable bonds is 4. The molecule has 0 fully saturated rings. The fourth-order valence-corrected chi connectivity index (χ4v) is 1.33. The van der Waals surface area contributed by atoms with E-state index < -0.39 is 0 Å². The van der Waals surface area contributed by atoms with E-state index in [1.165, 1.54) is 6.07 Å². The van der Waals surface area contributed by atoms with E-state index in [4.69, 9.17) is 11.0 Å². The molecule has 1 aromatic rings. The molecule has 1 rings (SSSR count). The second-order valence-corrected chi connectivity index (χ2v) is 3.45. The van der Waals surface area contributed by atoms with Crippen molar-refractivity contribution in [1.29, 1.82) is 5.26 Å². The molecule has 0 bridgehead atoms. The molecular formula is C11H14FN3. The molecule has 0 aliphatic carbocycles. The lowest BCUT2D eigenvalue weighted by Gasteiger charge is -2.16. The van der Waals surface area contributed by atoms with Crippen LogP contribution in [0.2, 0.25) is 0 Å². The van der Waals surface area contributed by atoms with Crippen LogP contribution >= 0.6 is 0 Å². The van der Waals surface area contributed by atoms with Gasteiger partial charge in [0, 0.05) is 30.8 Å². The highest BCUT2D eigenvalue weighted by Gasteiger charge is 2.08. The maximum atomic E-state index is 13.4. The molecule has 0 heterocycles. The van der Waals surface area contributed by atoms with Crippen molar-refractivity contribution in [2.45, 2.75) is 13.0 Å². The van der Waals surface area contributed by atoms with Crippen LogP contribution in [0.3, 0.4) is 0 Å². The molecule has 0 amide bonds. The number of nitrogen functional groups attached to an aromatic ring is 1. The molecule has 2 N–H and O–H groups in total. The number of nitrogens with zero attached hydrogens (tertiary/aromatic N) is 2. The molecule has 1 aromatic carbocycles. The second-order valence-electron chi connectivity index (χ2n) is 3.45. The Kier molecular flexibility index (Phi) is 4.07. The largest absolute Gasteiger partial charge is 0.398 e. The van der Waals surface area contributed by atoms with Gasteiger partial charge in [0.1, 0.15) is 5.82 Å². The van der Waals surface area contributed by atoms with E-state index >= 15 is 0 Å². The Morgan fingerprint density at radius 1 is 1.53 bits per heavy atom. The average molecular weight is 207 g/mol. The topological polar surface area (TPSA) is 53.0 Å². The highest BCUT2D eigenvalue weighted by molar-refractivity contribution is 5.47. The zero-order valence-corrected chi connectivity index (χ0v) is 8.70. The minimum absolute atomic E-state index is 0.293. The smallest absolute Gasteiger partial charge is 0.129 e. The molecule has 0 radical (unpaired) electrons. The lowest BCUT2D eigenvalue weighted by molar-refractivity contribution is 0.329. The molecule has 0 aromatic heterocycles. The maximum Gasteiger partial charge on any atom is 0.129 e. The van der Waals surface area contributed by atoms with E-state index in [2.05, 4.69) is 0 Å². The number of anilines is 1. The van der Waals surface area contributed by atoms with Gasteiger partial charge in [0.15, 0.2) is 0 Å². The SMILES string of the molecule is CN(CCC#N)Cc1c(N)cccc1F. The molecule has 0 saturated carbocycles. The summed E-state index contributed by atoms with van der Waals surface area (Å²) in [5, 5.41) is 8.41. The van der Waals surface area contributed by atoms with Crippen molar-refractivity contribution in [2.24, 2.45) is 0 Å². The van der Waals surface area contributed by atoms with E-state index in [1.54, 1.807) is 12.1 Å². The van der Waals surface area contributed by atoms with E-state index in [1.807, 2.05) is 18.0 Å². The zero-order valence-electron chi connectivity index (χ0n) is 8.70. The molecule has 0 atom stereocenters. The molecule has 0 spiro atoms. The number of halogens is 1. The number of nitrogens with two attached hydrogens (primary N) is 1. The quantitative estimate of drug-likeness (QED) is 0.765. The summed E-state index contributed by atoms with van der Waals surface area (Å²) in [4.78, 5) is 1.87. The van der Waals surface area contributed by atoms with Gasteiger partial charge in [-0.2, -0.15) is 5.26 Å². The molecule has 0 unspecified atom stereocenters. The third-order valence-electron chi connectivity index (χ3n) is 2.19. The molecule has 0 saturated heterocycles. The maximum absolute atomic E-state index is 13.4. The van der Waals surface area contributed by atoms with E-state index in [0.717, 1.165) is 0 Å². The summed E-state index contributed by atoms with van der Waals surface area (Å²) < 4.78 is 13.4. The third kappa shape index (κ3) is 3.22. The van der Waals surface area contributed by atoms with Gasteiger partial charge in [-0.25, -0.2) is 4.39 Å². The predicted molar refractivity (Wildman–Crippen MR) is 57.4 cm³/mol. The number of hydrogen-bond donors (Lipinski definition) is 1. The summed E-state index contributed by atoms with van der Waals surface area (Å²) in [7, 11) is 1.84. The van der Waals surface area contributed by atoms with E-state index in [-0.39, 0.29) is 5.82 Å². The van der Waals surface area contributed by atoms with Crippen LogP contribution in [0.5, 0.6) is 0 Å². The van der Waals surface area contributed by atoms with Crippen LogP contribution in [0, 0.1) is 17.1 Å².